The van der Waals surface area contributed by atoms with Gasteiger partial charge in [-0.05, 0) is 67.7 Å². The number of carbonyl (C=O) groups excluding carboxylic acids is 1. The molecule has 1 atom stereocenters. The molecule has 0 saturated heterocycles. The normalized spacial score (nSPS) is 16.0. The predicted octanol–water partition coefficient (Wildman–Crippen LogP) is 5.77. The highest BCUT2D eigenvalue weighted by Gasteiger charge is 2.28. The van der Waals surface area contributed by atoms with Gasteiger partial charge in [0.15, 0.2) is 0 Å². The van der Waals surface area contributed by atoms with Crippen LogP contribution in [-0.4, -0.2) is 38.0 Å². The summed E-state index contributed by atoms with van der Waals surface area (Å²) in [6.07, 6.45) is 2.31. The largest absolute Gasteiger partial charge is 0.312 e. The maximum atomic E-state index is 13.2. The van der Waals surface area contributed by atoms with Gasteiger partial charge in [-0.3, -0.25) is 4.79 Å². The van der Waals surface area contributed by atoms with Crippen LogP contribution in [0, 0.1) is 5.92 Å². The van der Waals surface area contributed by atoms with Crippen molar-refractivity contribution < 1.29 is 4.79 Å². The highest BCUT2D eigenvalue weighted by atomic mass is 35.5. The quantitative estimate of drug-likeness (QED) is 0.487. The molecular formula is C25H27ClN2OS. The van der Waals surface area contributed by atoms with Gasteiger partial charge in [-0.15, -0.1) is 11.3 Å². The Labute approximate surface area is 187 Å². The Morgan fingerprint density at radius 2 is 1.87 bits per heavy atom. The first-order valence-electron chi connectivity index (χ1n) is 10.4. The average molecular weight is 439 g/mol. The number of hydrogen-bond acceptors (Lipinski definition) is 3. The van der Waals surface area contributed by atoms with E-state index in [1.807, 2.05) is 23.1 Å². The summed E-state index contributed by atoms with van der Waals surface area (Å²) in [6, 6.07) is 20.8. The van der Waals surface area contributed by atoms with Crippen molar-refractivity contribution >= 4 is 34.5 Å². The summed E-state index contributed by atoms with van der Waals surface area (Å²) in [5.41, 5.74) is 4.72. The molecule has 2 heterocycles. The second kappa shape index (κ2) is 9.34. The third-order valence-electron chi connectivity index (χ3n) is 5.60. The molecule has 3 aromatic rings. The van der Waals surface area contributed by atoms with Gasteiger partial charge in [0.1, 0.15) is 0 Å². The van der Waals surface area contributed by atoms with Gasteiger partial charge >= 0.3 is 0 Å². The summed E-state index contributed by atoms with van der Waals surface area (Å²) in [4.78, 5) is 18.5. The number of halogens is 1. The van der Waals surface area contributed by atoms with Crippen LogP contribution in [0.4, 0.5) is 5.69 Å². The van der Waals surface area contributed by atoms with Crippen LogP contribution in [0.1, 0.15) is 17.5 Å². The first-order valence-corrected chi connectivity index (χ1v) is 11.6. The fourth-order valence-electron chi connectivity index (χ4n) is 4.25. The maximum absolute atomic E-state index is 13.2. The summed E-state index contributed by atoms with van der Waals surface area (Å²) in [5, 5.41) is 0. The van der Waals surface area contributed by atoms with E-state index in [-0.39, 0.29) is 5.91 Å². The molecule has 1 aliphatic heterocycles. The first kappa shape index (κ1) is 21.1. The van der Waals surface area contributed by atoms with Gasteiger partial charge in [0.05, 0.1) is 4.34 Å². The van der Waals surface area contributed by atoms with Gasteiger partial charge in [-0.1, -0.05) is 54.1 Å². The Bertz CT molecular complexity index is 1010. The molecular weight excluding hydrogens is 412 g/mol. The molecule has 0 radical (unpaired) electrons. The molecule has 3 nitrogen and oxygen atoms in total. The topological polar surface area (TPSA) is 23.6 Å². The molecule has 0 fully saturated rings. The minimum Gasteiger partial charge on any atom is -0.312 e. The second-order valence-corrected chi connectivity index (χ2v) is 9.98. The molecule has 0 N–H and O–H groups in total. The summed E-state index contributed by atoms with van der Waals surface area (Å²) >= 11 is 7.63. The molecule has 1 aromatic heterocycles. The smallest absolute Gasteiger partial charge is 0.227 e. The zero-order valence-electron chi connectivity index (χ0n) is 17.5. The van der Waals surface area contributed by atoms with Crippen LogP contribution in [0.2, 0.25) is 4.34 Å². The molecule has 1 aliphatic rings. The number of thiophene rings is 1. The summed E-state index contributed by atoms with van der Waals surface area (Å²) in [7, 11) is 4.20. The van der Waals surface area contributed by atoms with Crippen molar-refractivity contribution in [1.29, 1.82) is 0 Å². The summed E-state index contributed by atoms with van der Waals surface area (Å²) < 4.78 is 0.800. The highest BCUT2D eigenvalue weighted by Crippen LogP contribution is 2.32. The average Bonchev–Trinajstić information content (AvgIpc) is 3.17. The Morgan fingerprint density at radius 3 is 2.57 bits per heavy atom. The van der Waals surface area contributed by atoms with E-state index in [4.69, 9.17) is 11.6 Å². The monoisotopic (exact) mass is 438 g/mol. The molecule has 0 bridgehead atoms. The van der Waals surface area contributed by atoms with Crippen LogP contribution < -0.4 is 4.90 Å². The number of carbonyl (C=O) groups is 1. The maximum Gasteiger partial charge on any atom is 0.227 e. The van der Waals surface area contributed by atoms with E-state index in [0.717, 1.165) is 36.0 Å². The molecule has 30 heavy (non-hydrogen) atoms. The minimum atomic E-state index is 0.208. The lowest BCUT2D eigenvalue weighted by molar-refractivity contribution is -0.118. The number of rotatable bonds is 6. The Kier molecular flexibility index (Phi) is 6.57. The second-order valence-electron chi connectivity index (χ2n) is 8.27. The van der Waals surface area contributed by atoms with Crippen molar-refractivity contribution in [3.63, 3.8) is 0 Å². The molecule has 1 amide bonds. The number of hydrogen-bond donors (Lipinski definition) is 0. The third-order valence-corrected chi connectivity index (χ3v) is 6.88. The molecule has 0 saturated carbocycles. The van der Waals surface area contributed by atoms with Gasteiger partial charge in [0, 0.05) is 30.1 Å². The molecule has 0 aliphatic carbocycles. The standard InChI is InChI=1S/C25H27ClN2OS/c1-27(2)16-19-15-21-5-3-4-6-22(21)28(17-19)25(29)14-9-18-7-10-20(11-8-18)23-12-13-24(26)30-23/h3-8,10-13,19H,9,14-17H2,1-2H3. The molecule has 156 valence electrons. The Hall–Kier alpha value is -2.14. The lowest BCUT2D eigenvalue weighted by Crippen LogP contribution is -2.43. The first-order chi connectivity index (χ1) is 14.5. The number of aryl methyl sites for hydroxylation is 1. The number of para-hydroxylation sites is 1. The van der Waals surface area contributed by atoms with Crippen LogP contribution in [0.25, 0.3) is 10.4 Å². The molecule has 4 rings (SSSR count). The van der Waals surface area contributed by atoms with Crippen molar-refractivity contribution in [3.8, 4) is 10.4 Å². The predicted molar refractivity (Wildman–Crippen MR) is 128 cm³/mol. The van der Waals surface area contributed by atoms with Crippen molar-refractivity contribution in [1.82, 2.24) is 4.90 Å². The van der Waals surface area contributed by atoms with Crippen molar-refractivity contribution in [2.75, 3.05) is 32.1 Å². The number of amides is 1. The lowest BCUT2D eigenvalue weighted by Gasteiger charge is -2.36. The molecule has 1 unspecified atom stereocenters. The number of anilines is 1. The van der Waals surface area contributed by atoms with E-state index < -0.39 is 0 Å². The van der Waals surface area contributed by atoms with E-state index in [0.29, 0.717) is 12.3 Å². The van der Waals surface area contributed by atoms with Gasteiger partial charge in [-0.2, -0.15) is 0 Å². The van der Waals surface area contributed by atoms with E-state index in [1.165, 1.54) is 21.6 Å². The van der Waals surface area contributed by atoms with Crippen LogP contribution in [0.3, 0.4) is 0 Å². The van der Waals surface area contributed by atoms with E-state index in [2.05, 4.69) is 61.5 Å². The Morgan fingerprint density at radius 1 is 1.10 bits per heavy atom. The van der Waals surface area contributed by atoms with Crippen molar-refractivity contribution in [2.45, 2.75) is 19.3 Å². The van der Waals surface area contributed by atoms with Gasteiger partial charge in [0.2, 0.25) is 5.91 Å². The Balaban J connectivity index is 1.43. The highest BCUT2D eigenvalue weighted by molar-refractivity contribution is 7.19. The molecule has 0 spiro atoms. The summed E-state index contributed by atoms with van der Waals surface area (Å²) in [5.74, 6) is 0.677. The van der Waals surface area contributed by atoms with E-state index in [1.54, 1.807) is 11.3 Å². The van der Waals surface area contributed by atoms with E-state index in [9.17, 15) is 4.79 Å². The fraction of sp³-hybridized carbons (Fsp3) is 0.320. The van der Waals surface area contributed by atoms with Crippen LogP contribution in [0.5, 0.6) is 0 Å². The number of nitrogens with zero attached hydrogens (tertiary/aromatic N) is 2. The number of benzene rings is 2. The summed E-state index contributed by atoms with van der Waals surface area (Å²) in [6.45, 7) is 1.79. The molecule has 5 heteroatoms. The van der Waals surface area contributed by atoms with Gasteiger partial charge in [0.25, 0.3) is 0 Å². The zero-order valence-corrected chi connectivity index (χ0v) is 19.0. The minimum absolute atomic E-state index is 0.208. The zero-order chi connectivity index (χ0) is 21.1. The van der Waals surface area contributed by atoms with Gasteiger partial charge < -0.3 is 9.80 Å². The fourth-order valence-corrected chi connectivity index (χ4v) is 5.29. The van der Waals surface area contributed by atoms with Crippen LogP contribution >= 0.6 is 22.9 Å². The SMILES string of the molecule is CN(C)CC1Cc2ccccc2N(C(=O)CCc2ccc(-c3ccc(Cl)s3)cc2)C1. The van der Waals surface area contributed by atoms with Gasteiger partial charge in [-0.25, -0.2) is 0 Å². The third kappa shape index (κ3) is 4.94. The van der Waals surface area contributed by atoms with Crippen LogP contribution in [-0.2, 0) is 17.6 Å². The van der Waals surface area contributed by atoms with Crippen LogP contribution in [0.15, 0.2) is 60.7 Å². The van der Waals surface area contributed by atoms with Crippen molar-refractivity contribution in [2.24, 2.45) is 5.92 Å². The lowest BCUT2D eigenvalue weighted by atomic mass is 9.91. The van der Waals surface area contributed by atoms with Crippen molar-refractivity contribution in [3.05, 3.63) is 76.1 Å². The van der Waals surface area contributed by atoms with E-state index >= 15 is 0 Å². The molecule has 2 aromatic carbocycles. The number of fused-ring (bicyclic) bond motifs is 1.